The number of para-hydroxylation sites is 1. The molecule has 0 radical (unpaired) electrons. The third kappa shape index (κ3) is 1.62. The van der Waals surface area contributed by atoms with Gasteiger partial charge in [-0.1, -0.05) is 18.2 Å². The zero-order chi connectivity index (χ0) is 9.97. The molecule has 0 saturated heterocycles. The van der Waals surface area contributed by atoms with Crippen LogP contribution < -0.4 is 0 Å². The van der Waals surface area contributed by atoms with Gasteiger partial charge in [0.2, 0.25) is 0 Å². The van der Waals surface area contributed by atoms with Gasteiger partial charge >= 0.3 is 0 Å². The van der Waals surface area contributed by atoms with E-state index in [-0.39, 0.29) is 0 Å². The molecule has 1 aromatic heterocycles. The van der Waals surface area contributed by atoms with Crippen LogP contribution in [0.1, 0.15) is 11.4 Å². The summed E-state index contributed by atoms with van der Waals surface area (Å²) < 4.78 is 1.95. The molecular formula is C11H12N2O. The smallest absolute Gasteiger partial charge is 0.119 e. The van der Waals surface area contributed by atoms with Crippen LogP contribution in [0.2, 0.25) is 0 Å². The summed E-state index contributed by atoms with van der Waals surface area (Å²) in [5.41, 5.74) is 0.904. The fourth-order valence-corrected chi connectivity index (χ4v) is 1.40. The van der Waals surface area contributed by atoms with Crippen LogP contribution in [0.25, 0.3) is 0 Å². The fourth-order valence-electron chi connectivity index (χ4n) is 1.40. The number of aryl methyl sites for hydroxylation is 1. The van der Waals surface area contributed by atoms with Gasteiger partial charge in [0.25, 0.3) is 0 Å². The average molecular weight is 188 g/mol. The number of imidazole rings is 1. The Labute approximate surface area is 82.7 Å². The van der Waals surface area contributed by atoms with Crippen molar-refractivity contribution >= 4 is 0 Å². The lowest BCUT2D eigenvalue weighted by atomic mass is 10.1. The third-order valence-electron chi connectivity index (χ3n) is 2.26. The maximum Gasteiger partial charge on any atom is 0.119 e. The Morgan fingerprint density at radius 3 is 2.79 bits per heavy atom. The van der Waals surface area contributed by atoms with E-state index in [0.29, 0.717) is 12.2 Å². The minimum absolute atomic E-state index is 0.329. The van der Waals surface area contributed by atoms with Crippen LogP contribution >= 0.6 is 0 Å². The van der Waals surface area contributed by atoms with Crippen LogP contribution in [-0.4, -0.2) is 14.7 Å². The quantitative estimate of drug-likeness (QED) is 0.779. The lowest BCUT2D eigenvalue weighted by Crippen LogP contribution is -1.98. The van der Waals surface area contributed by atoms with E-state index in [4.69, 9.17) is 0 Å². The van der Waals surface area contributed by atoms with Crippen LogP contribution in [0, 0.1) is 0 Å². The highest BCUT2D eigenvalue weighted by molar-refractivity contribution is 5.33. The Balaban J connectivity index is 2.28. The van der Waals surface area contributed by atoms with Crippen LogP contribution in [0.5, 0.6) is 5.75 Å². The molecule has 0 bridgehead atoms. The second kappa shape index (κ2) is 3.54. The highest BCUT2D eigenvalue weighted by Gasteiger charge is 2.04. The third-order valence-corrected chi connectivity index (χ3v) is 2.26. The number of nitrogens with zero attached hydrogens (tertiary/aromatic N) is 2. The molecule has 1 heterocycles. The van der Waals surface area contributed by atoms with Crippen molar-refractivity contribution in [1.82, 2.24) is 9.55 Å². The number of aromatic nitrogens is 2. The molecular weight excluding hydrogens is 176 g/mol. The van der Waals surface area contributed by atoms with Gasteiger partial charge in [0.15, 0.2) is 0 Å². The number of rotatable bonds is 2. The summed E-state index contributed by atoms with van der Waals surface area (Å²) in [7, 11) is 1.95. The molecule has 0 fully saturated rings. The zero-order valence-corrected chi connectivity index (χ0v) is 8.01. The normalized spacial score (nSPS) is 10.4. The molecule has 72 valence electrons. The van der Waals surface area contributed by atoms with Gasteiger partial charge in [-0.2, -0.15) is 0 Å². The van der Waals surface area contributed by atoms with E-state index in [0.717, 1.165) is 11.4 Å². The van der Waals surface area contributed by atoms with E-state index in [9.17, 15) is 5.11 Å². The molecule has 0 amide bonds. The number of hydrogen-bond donors (Lipinski definition) is 1. The molecule has 2 rings (SSSR count). The second-order valence-corrected chi connectivity index (χ2v) is 3.26. The molecule has 0 spiro atoms. The molecule has 0 aliphatic heterocycles. The van der Waals surface area contributed by atoms with Crippen molar-refractivity contribution in [2.24, 2.45) is 7.05 Å². The molecule has 0 aliphatic carbocycles. The van der Waals surface area contributed by atoms with Crippen LogP contribution in [0.4, 0.5) is 0 Å². The van der Waals surface area contributed by atoms with Crippen molar-refractivity contribution in [3.05, 3.63) is 48.0 Å². The SMILES string of the molecule is Cn1ccnc1Cc1ccccc1O. The molecule has 0 saturated carbocycles. The van der Waals surface area contributed by atoms with Crippen molar-refractivity contribution in [3.63, 3.8) is 0 Å². The first-order valence-corrected chi connectivity index (χ1v) is 4.50. The molecule has 2 aromatic rings. The predicted octanol–water partition coefficient (Wildman–Crippen LogP) is 1.72. The Kier molecular flexibility index (Phi) is 2.23. The summed E-state index contributed by atoms with van der Waals surface area (Å²) in [5, 5.41) is 9.56. The van der Waals surface area contributed by atoms with Crippen molar-refractivity contribution in [1.29, 1.82) is 0 Å². The van der Waals surface area contributed by atoms with Gasteiger partial charge in [-0.3, -0.25) is 0 Å². The number of phenols is 1. The van der Waals surface area contributed by atoms with E-state index < -0.39 is 0 Å². The standard InChI is InChI=1S/C11H12N2O/c1-13-7-6-12-11(13)8-9-4-2-3-5-10(9)14/h2-7,14H,8H2,1H3. The lowest BCUT2D eigenvalue weighted by molar-refractivity contribution is 0.469. The van der Waals surface area contributed by atoms with Crippen molar-refractivity contribution in [2.45, 2.75) is 6.42 Å². The van der Waals surface area contributed by atoms with Crippen molar-refractivity contribution in [2.75, 3.05) is 0 Å². The number of aromatic hydroxyl groups is 1. The molecule has 0 atom stereocenters. The topological polar surface area (TPSA) is 38.0 Å². The van der Waals surface area contributed by atoms with Gasteiger partial charge < -0.3 is 9.67 Å². The summed E-state index contributed by atoms with van der Waals surface area (Å²) in [5.74, 6) is 1.28. The molecule has 1 aromatic carbocycles. The van der Waals surface area contributed by atoms with Gasteiger partial charge in [-0.15, -0.1) is 0 Å². The first-order valence-electron chi connectivity index (χ1n) is 4.50. The summed E-state index contributed by atoms with van der Waals surface area (Å²) in [4.78, 5) is 4.20. The Bertz CT molecular complexity index is 434. The highest BCUT2D eigenvalue weighted by Crippen LogP contribution is 2.18. The first-order chi connectivity index (χ1) is 6.77. The van der Waals surface area contributed by atoms with Gasteiger partial charge in [0.1, 0.15) is 11.6 Å². The maximum atomic E-state index is 9.56. The second-order valence-electron chi connectivity index (χ2n) is 3.26. The Morgan fingerprint density at radius 1 is 1.36 bits per heavy atom. The van der Waals surface area contributed by atoms with Crippen molar-refractivity contribution in [3.8, 4) is 5.75 Å². The van der Waals surface area contributed by atoms with Gasteiger partial charge in [-0.25, -0.2) is 4.98 Å². The number of phenolic OH excluding ortho intramolecular Hbond substituents is 1. The average Bonchev–Trinajstić information content (AvgIpc) is 2.56. The highest BCUT2D eigenvalue weighted by atomic mass is 16.3. The lowest BCUT2D eigenvalue weighted by Gasteiger charge is -2.03. The maximum absolute atomic E-state index is 9.56. The Morgan fingerprint density at radius 2 is 2.14 bits per heavy atom. The molecule has 3 heteroatoms. The van der Waals surface area contributed by atoms with E-state index in [2.05, 4.69) is 4.98 Å². The molecule has 1 N–H and O–H groups in total. The van der Waals surface area contributed by atoms with E-state index >= 15 is 0 Å². The number of hydrogen-bond acceptors (Lipinski definition) is 2. The van der Waals surface area contributed by atoms with E-state index in [1.807, 2.05) is 36.0 Å². The monoisotopic (exact) mass is 188 g/mol. The van der Waals surface area contributed by atoms with E-state index in [1.54, 1.807) is 12.3 Å². The molecule has 3 nitrogen and oxygen atoms in total. The van der Waals surface area contributed by atoms with Crippen LogP contribution in [-0.2, 0) is 13.5 Å². The molecule has 0 unspecified atom stereocenters. The summed E-state index contributed by atoms with van der Waals surface area (Å²) in [6.45, 7) is 0. The summed E-state index contributed by atoms with van der Waals surface area (Å²) in [6, 6.07) is 7.33. The van der Waals surface area contributed by atoms with Crippen molar-refractivity contribution < 1.29 is 5.11 Å². The van der Waals surface area contributed by atoms with Gasteiger partial charge in [-0.05, 0) is 6.07 Å². The van der Waals surface area contributed by atoms with Gasteiger partial charge in [0.05, 0.1) is 0 Å². The summed E-state index contributed by atoms with van der Waals surface area (Å²) in [6.07, 6.45) is 4.32. The van der Waals surface area contributed by atoms with Crippen LogP contribution in [0.15, 0.2) is 36.7 Å². The Hall–Kier alpha value is -1.77. The van der Waals surface area contributed by atoms with E-state index in [1.165, 1.54) is 0 Å². The predicted molar refractivity (Wildman–Crippen MR) is 54.1 cm³/mol. The molecule has 14 heavy (non-hydrogen) atoms. The minimum Gasteiger partial charge on any atom is -0.508 e. The first kappa shape index (κ1) is 8.81. The zero-order valence-electron chi connectivity index (χ0n) is 8.01. The fraction of sp³-hybridized carbons (Fsp3) is 0.182. The van der Waals surface area contributed by atoms with Gasteiger partial charge in [0, 0.05) is 31.4 Å². The minimum atomic E-state index is 0.329. The molecule has 0 aliphatic rings. The summed E-state index contributed by atoms with van der Waals surface area (Å²) >= 11 is 0. The number of benzene rings is 1. The van der Waals surface area contributed by atoms with Crippen LogP contribution in [0.3, 0.4) is 0 Å². The largest absolute Gasteiger partial charge is 0.508 e.